The highest BCUT2D eigenvalue weighted by molar-refractivity contribution is 7.91. The predicted octanol–water partition coefficient (Wildman–Crippen LogP) is -0.420. The van der Waals surface area contributed by atoms with Crippen molar-refractivity contribution in [3.8, 4) is 11.6 Å². The molecular weight excluding hydrogens is 210 g/mol. The van der Waals surface area contributed by atoms with Gasteiger partial charge in [-0.1, -0.05) is 6.92 Å². The van der Waals surface area contributed by atoms with Crippen LogP contribution in [0, 0.1) is 0 Å². The van der Waals surface area contributed by atoms with Crippen LogP contribution in [0.5, 0.6) is 11.6 Å². The number of rotatable bonds is 2. The average molecular weight is 219 g/mol. The molecule has 0 amide bonds. The number of aromatic nitrogens is 1. The second-order valence-corrected chi connectivity index (χ2v) is 4.82. The maximum atomic E-state index is 11.3. The van der Waals surface area contributed by atoms with Gasteiger partial charge < -0.3 is 10.2 Å². The van der Waals surface area contributed by atoms with E-state index in [0.29, 0.717) is 6.07 Å². The standard InChI is InChI=1S/C7H9NO5S/c1-2-14(12,13)6-4(9)3-5(10)8-7(6)11/h3H,2H2,1H3,(H3,8,9,10,11). The first-order valence-corrected chi connectivity index (χ1v) is 5.41. The van der Waals surface area contributed by atoms with Crippen LogP contribution in [0.3, 0.4) is 0 Å². The maximum absolute atomic E-state index is 11.3. The van der Waals surface area contributed by atoms with Crippen LogP contribution in [0.2, 0.25) is 0 Å². The molecule has 7 heteroatoms. The monoisotopic (exact) mass is 219 g/mol. The van der Waals surface area contributed by atoms with Gasteiger partial charge in [0.2, 0.25) is 5.88 Å². The molecule has 0 aliphatic carbocycles. The summed E-state index contributed by atoms with van der Waals surface area (Å²) in [4.78, 5) is 11.9. The van der Waals surface area contributed by atoms with E-state index in [4.69, 9.17) is 5.11 Å². The molecule has 0 aliphatic rings. The van der Waals surface area contributed by atoms with Gasteiger partial charge in [-0.15, -0.1) is 0 Å². The Hall–Kier alpha value is -1.50. The first-order valence-electron chi connectivity index (χ1n) is 3.76. The van der Waals surface area contributed by atoms with Crippen LogP contribution >= 0.6 is 0 Å². The molecule has 1 rings (SSSR count). The number of hydrogen-bond donors (Lipinski definition) is 3. The third-order valence-corrected chi connectivity index (χ3v) is 3.43. The van der Waals surface area contributed by atoms with Crippen molar-refractivity contribution in [3.05, 3.63) is 16.4 Å². The molecule has 0 aliphatic heterocycles. The van der Waals surface area contributed by atoms with Gasteiger partial charge in [-0.2, -0.15) is 0 Å². The SMILES string of the molecule is CCS(=O)(=O)c1c(O)cc(=O)[nH]c1O. The molecule has 1 aromatic heterocycles. The van der Waals surface area contributed by atoms with Crippen LogP contribution < -0.4 is 5.56 Å². The minimum atomic E-state index is -3.75. The van der Waals surface area contributed by atoms with Crippen molar-refractivity contribution >= 4 is 9.84 Å². The molecule has 0 aromatic carbocycles. The lowest BCUT2D eigenvalue weighted by Crippen LogP contribution is -2.10. The summed E-state index contributed by atoms with van der Waals surface area (Å²) in [6.45, 7) is 1.36. The Bertz CT molecular complexity index is 475. The molecule has 0 spiro atoms. The van der Waals surface area contributed by atoms with E-state index in [1.54, 1.807) is 0 Å². The Kier molecular flexibility index (Phi) is 2.52. The highest BCUT2D eigenvalue weighted by Crippen LogP contribution is 2.28. The summed E-state index contributed by atoms with van der Waals surface area (Å²) in [5.41, 5.74) is -0.768. The normalized spacial score (nSPS) is 11.5. The third kappa shape index (κ3) is 1.72. The second-order valence-electron chi connectivity index (χ2n) is 2.60. The minimum Gasteiger partial charge on any atom is -0.506 e. The van der Waals surface area contributed by atoms with Gasteiger partial charge in [0, 0.05) is 6.07 Å². The van der Waals surface area contributed by atoms with Gasteiger partial charge >= 0.3 is 0 Å². The maximum Gasteiger partial charge on any atom is 0.254 e. The summed E-state index contributed by atoms with van der Waals surface area (Å²) in [7, 11) is -3.75. The second kappa shape index (κ2) is 3.33. The van der Waals surface area contributed by atoms with Gasteiger partial charge in [-0.25, -0.2) is 8.42 Å². The van der Waals surface area contributed by atoms with Crippen LogP contribution in [0.1, 0.15) is 6.92 Å². The zero-order valence-electron chi connectivity index (χ0n) is 7.31. The molecule has 3 N–H and O–H groups in total. The predicted molar refractivity (Wildman–Crippen MR) is 48.1 cm³/mol. The number of pyridine rings is 1. The van der Waals surface area contributed by atoms with Crippen LogP contribution in [0.4, 0.5) is 0 Å². The van der Waals surface area contributed by atoms with Crippen molar-refractivity contribution in [2.24, 2.45) is 0 Å². The van der Waals surface area contributed by atoms with E-state index in [1.165, 1.54) is 6.92 Å². The molecule has 0 saturated carbocycles. The highest BCUT2D eigenvalue weighted by atomic mass is 32.2. The number of nitrogens with one attached hydrogen (secondary N) is 1. The molecule has 78 valence electrons. The van der Waals surface area contributed by atoms with E-state index in [0.717, 1.165) is 0 Å². The fourth-order valence-corrected chi connectivity index (χ4v) is 1.98. The van der Waals surface area contributed by atoms with E-state index in [2.05, 4.69) is 0 Å². The molecule has 0 unspecified atom stereocenters. The number of sulfone groups is 1. The Morgan fingerprint density at radius 1 is 1.43 bits per heavy atom. The van der Waals surface area contributed by atoms with E-state index in [-0.39, 0.29) is 5.75 Å². The quantitative estimate of drug-likeness (QED) is 0.626. The molecule has 6 nitrogen and oxygen atoms in total. The Balaban J connectivity index is 3.59. The summed E-state index contributed by atoms with van der Waals surface area (Å²) < 4.78 is 22.6. The number of H-pyrrole nitrogens is 1. The van der Waals surface area contributed by atoms with Crippen LogP contribution in [0.15, 0.2) is 15.8 Å². The first kappa shape index (κ1) is 10.6. The van der Waals surface area contributed by atoms with Gasteiger partial charge in [-0.3, -0.25) is 9.78 Å². The van der Waals surface area contributed by atoms with E-state index in [9.17, 15) is 18.3 Å². The van der Waals surface area contributed by atoms with Crippen molar-refractivity contribution < 1.29 is 18.6 Å². The lowest BCUT2D eigenvalue weighted by molar-refractivity contribution is 0.406. The van der Waals surface area contributed by atoms with Gasteiger partial charge in [0.05, 0.1) is 5.75 Å². The van der Waals surface area contributed by atoms with Crippen molar-refractivity contribution in [2.75, 3.05) is 5.75 Å². The summed E-state index contributed by atoms with van der Waals surface area (Å²) in [5, 5.41) is 18.3. The zero-order chi connectivity index (χ0) is 10.9. The van der Waals surface area contributed by atoms with Gasteiger partial charge in [-0.05, 0) is 0 Å². The van der Waals surface area contributed by atoms with Gasteiger partial charge in [0.1, 0.15) is 5.75 Å². The van der Waals surface area contributed by atoms with Crippen molar-refractivity contribution in [1.82, 2.24) is 4.98 Å². The Morgan fingerprint density at radius 3 is 2.43 bits per heavy atom. The van der Waals surface area contributed by atoms with Crippen LogP contribution in [-0.4, -0.2) is 29.4 Å². The van der Waals surface area contributed by atoms with E-state index >= 15 is 0 Å². The molecule has 0 radical (unpaired) electrons. The van der Waals surface area contributed by atoms with Gasteiger partial charge in [0.15, 0.2) is 14.7 Å². The number of aromatic hydroxyl groups is 2. The fraction of sp³-hybridized carbons (Fsp3) is 0.286. The topological polar surface area (TPSA) is 107 Å². The van der Waals surface area contributed by atoms with Crippen LogP contribution in [-0.2, 0) is 9.84 Å². The van der Waals surface area contributed by atoms with E-state index < -0.39 is 31.9 Å². The number of aromatic amines is 1. The highest BCUT2D eigenvalue weighted by Gasteiger charge is 2.22. The van der Waals surface area contributed by atoms with Crippen molar-refractivity contribution in [2.45, 2.75) is 11.8 Å². The largest absolute Gasteiger partial charge is 0.506 e. The van der Waals surface area contributed by atoms with Crippen molar-refractivity contribution in [3.63, 3.8) is 0 Å². The van der Waals surface area contributed by atoms with Gasteiger partial charge in [0.25, 0.3) is 5.56 Å². The summed E-state index contributed by atoms with van der Waals surface area (Å²) >= 11 is 0. The lowest BCUT2D eigenvalue weighted by atomic mass is 10.4. The molecule has 0 fully saturated rings. The fourth-order valence-electron chi connectivity index (χ4n) is 0.972. The van der Waals surface area contributed by atoms with Crippen LogP contribution in [0.25, 0.3) is 0 Å². The smallest absolute Gasteiger partial charge is 0.254 e. The summed E-state index contributed by atoms with van der Waals surface area (Å²) in [6, 6.07) is 0.697. The summed E-state index contributed by atoms with van der Waals surface area (Å²) in [6.07, 6.45) is 0. The van der Waals surface area contributed by atoms with Crippen molar-refractivity contribution in [1.29, 1.82) is 0 Å². The first-order chi connectivity index (χ1) is 6.38. The summed E-state index contributed by atoms with van der Waals surface area (Å²) in [5.74, 6) is -1.86. The Morgan fingerprint density at radius 2 is 2.00 bits per heavy atom. The third-order valence-electron chi connectivity index (χ3n) is 1.65. The molecule has 1 heterocycles. The minimum absolute atomic E-state index is 0.278. The zero-order valence-corrected chi connectivity index (χ0v) is 8.13. The Labute approximate surface area is 79.8 Å². The number of hydrogen-bond acceptors (Lipinski definition) is 5. The lowest BCUT2D eigenvalue weighted by Gasteiger charge is -2.05. The molecule has 0 atom stereocenters. The average Bonchev–Trinajstić information content (AvgIpc) is 2.01. The molecule has 14 heavy (non-hydrogen) atoms. The molecule has 0 bridgehead atoms. The molecule has 1 aromatic rings. The van der Waals surface area contributed by atoms with E-state index in [1.807, 2.05) is 4.98 Å². The molecule has 0 saturated heterocycles. The molecular formula is C7H9NO5S.